The van der Waals surface area contributed by atoms with E-state index in [1.54, 1.807) is 12.1 Å². The maximum Gasteiger partial charge on any atom is 0.269 e. The summed E-state index contributed by atoms with van der Waals surface area (Å²) in [7, 11) is 9.57. The van der Waals surface area contributed by atoms with Crippen LogP contribution in [0.5, 0.6) is 0 Å². The molecule has 4 rings (SSSR count). The number of rotatable bonds is 5. The molecule has 2 heterocycles. The fraction of sp³-hybridized carbons (Fsp3) is 0.556. The summed E-state index contributed by atoms with van der Waals surface area (Å²) in [6.45, 7) is 4.32. The van der Waals surface area contributed by atoms with Crippen LogP contribution in [-0.2, 0) is 0 Å². The molecule has 9 nitrogen and oxygen atoms in total. The number of anilines is 3. The van der Waals surface area contributed by atoms with Crippen molar-refractivity contribution < 1.29 is 10.0 Å². The molecule has 0 aromatic heterocycles. The van der Waals surface area contributed by atoms with E-state index in [1.807, 2.05) is 24.3 Å². The van der Waals surface area contributed by atoms with Crippen LogP contribution in [0, 0.1) is 10.1 Å². The quantitative estimate of drug-likeness (QED) is 0.365. The van der Waals surface area contributed by atoms with Gasteiger partial charge in [0.1, 0.15) is 0 Å². The summed E-state index contributed by atoms with van der Waals surface area (Å²) >= 11 is 0. The predicted molar refractivity (Wildman–Crippen MR) is 150 cm³/mol. The summed E-state index contributed by atoms with van der Waals surface area (Å²) in [5.74, 6) is 0. The first-order chi connectivity index (χ1) is 17.2. The number of aliphatic hydroxyl groups is 1. The molecule has 2 fully saturated rings. The number of nitro benzene ring substituents is 1. The number of nitro groups is 1. The van der Waals surface area contributed by atoms with Crippen molar-refractivity contribution in [2.45, 2.75) is 37.8 Å². The van der Waals surface area contributed by atoms with Gasteiger partial charge < -0.3 is 30.4 Å². The van der Waals surface area contributed by atoms with Crippen LogP contribution >= 0.6 is 0 Å². The van der Waals surface area contributed by atoms with Crippen molar-refractivity contribution in [3.63, 3.8) is 0 Å². The van der Waals surface area contributed by atoms with Crippen LogP contribution in [0.25, 0.3) is 0 Å². The van der Waals surface area contributed by atoms with Crippen LogP contribution in [-0.4, -0.2) is 93.4 Å². The summed E-state index contributed by atoms with van der Waals surface area (Å²) in [6, 6.07) is 16.4. The monoisotopic (exact) mass is 500 g/mol. The van der Waals surface area contributed by atoms with E-state index in [9.17, 15) is 10.1 Å². The van der Waals surface area contributed by atoms with Crippen LogP contribution in [0.15, 0.2) is 48.5 Å². The molecule has 0 atom stereocenters. The van der Waals surface area contributed by atoms with Crippen LogP contribution in [0.2, 0.25) is 0 Å². The number of hydrogen-bond donors (Lipinski definition) is 2. The van der Waals surface area contributed by atoms with Crippen LogP contribution in [0.3, 0.4) is 0 Å². The Hall–Kier alpha value is -2.88. The lowest BCUT2D eigenvalue weighted by molar-refractivity contribution is -0.384. The molecule has 0 bridgehead atoms. The van der Waals surface area contributed by atoms with Crippen molar-refractivity contribution >= 4 is 22.7 Å². The fourth-order valence-corrected chi connectivity index (χ4v) is 4.75. The number of benzene rings is 2. The first-order valence-electron chi connectivity index (χ1n) is 12.6. The van der Waals surface area contributed by atoms with Crippen molar-refractivity contribution in [1.29, 1.82) is 0 Å². The highest BCUT2D eigenvalue weighted by molar-refractivity contribution is 5.53. The minimum Gasteiger partial charge on any atom is -0.400 e. The van der Waals surface area contributed by atoms with Gasteiger partial charge in [-0.3, -0.25) is 10.1 Å². The van der Waals surface area contributed by atoms with E-state index in [0.29, 0.717) is 6.04 Å². The molecule has 0 aliphatic carbocycles. The summed E-state index contributed by atoms with van der Waals surface area (Å²) in [5.41, 5.74) is 9.07. The van der Waals surface area contributed by atoms with Gasteiger partial charge in [0.05, 0.1) is 4.92 Å². The molecule has 0 unspecified atom stereocenters. The fourth-order valence-electron chi connectivity index (χ4n) is 4.75. The van der Waals surface area contributed by atoms with Gasteiger partial charge in [0, 0.05) is 74.6 Å². The lowest BCUT2D eigenvalue weighted by Crippen LogP contribution is -2.41. The molecule has 2 aliphatic heterocycles. The molecule has 9 heteroatoms. The molecule has 0 radical (unpaired) electrons. The van der Waals surface area contributed by atoms with Crippen LogP contribution in [0.1, 0.15) is 25.7 Å². The highest BCUT2D eigenvalue weighted by Gasteiger charge is 2.21. The average Bonchev–Trinajstić information content (AvgIpc) is 2.91. The van der Waals surface area contributed by atoms with E-state index in [0.717, 1.165) is 63.5 Å². The Bertz CT molecular complexity index is 889. The van der Waals surface area contributed by atoms with Crippen molar-refractivity contribution in [1.82, 2.24) is 9.80 Å². The first kappa shape index (κ1) is 29.4. The van der Waals surface area contributed by atoms with E-state index >= 15 is 0 Å². The SMILES string of the molecule is CN(C)C1CCN(c2ccc(N)cc2)CC1.CN(C)C1CCN(c2ccc([N+](=O)[O-])cc2)CC1.CO. The molecule has 36 heavy (non-hydrogen) atoms. The minimum atomic E-state index is -0.359. The number of hydrogen-bond acceptors (Lipinski definition) is 8. The Morgan fingerprint density at radius 2 is 1.08 bits per heavy atom. The second-order valence-electron chi connectivity index (χ2n) is 9.73. The molecule has 3 N–H and O–H groups in total. The normalized spacial score (nSPS) is 16.8. The van der Waals surface area contributed by atoms with Gasteiger partial charge in [0.2, 0.25) is 0 Å². The third-order valence-corrected chi connectivity index (χ3v) is 7.07. The second kappa shape index (κ2) is 14.6. The molecule has 0 amide bonds. The average molecular weight is 501 g/mol. The van der Waals surface area contributed by atoms with Crippen molar-refractivity contribution in [3.8, 4) is 0 Å². The number of nitrogens with zero attached hydrogens (tertiary/aromatic N) is 5. The van der Waals surface area contributed by atoms with Crippen LogP contribution < -0.4 is 15.5 Å². The standard InChI is InChI=1S/C13H19N3O2.C13H21N3.CH4O/c1-14(2)11-7-9-15(10-8-11)12-3-5-13(6-4-12)16(17)18;1-15(2)12-7-9-16(10-8-12)13-5-3-11(14)4-6-13;1-2/h3-6,11H,7-10H2,1-2H3;3-6,12H,7-10,14H2,1-2H3;2H,1H3. The Morgan fingerprint density at radius 1 is 0.750 bits per heavy atom. The van der Waals surface area contributed by atoms with Gasteiger partial charge in [0.15, 0.2) is 0 Å². The molecule has 200 valence electrons. The van der Waals surface area contributed by atoms with Gasteiger partial charge in [0.25, 0.3) is 5.69 Å². The number of nitrogens with two attached hydrogens (primary N) is 1. The zero-order valence-electron chi connectivity index (χ0n) is 22.5. The van der Waals surface area contributed by atoms with E-state index in [1.165, 1.54) is 18.5 Å². The van der Waals surface area contributed by atoms with Gasteiger partial charge in [-0.05, 0) is 90.3 Å². The summed E-state index contributed by atoms with van der Waals surface area (Å²) in [5, 5.41) is 17.6. The largest absolute Gasteiger partial charge is 0.400 e. The van der Waals surface area contributed by atoms with Crippen molar-refractivity contribution in [3.05, 3.63) is 58.6 Å². The third-order valence-electron chi connectivity index (χ3n) is 7.07. The second-order valence-corrected chi connectivity index (χ2v) is 9.73. The molecular weight excluding hydrogens is 456 g/mol. The predicted octanol–water partition coefficient (Wildman–Crippen LogP) is 3.53. The minimum absolute atomic E-state index is 0.155. The Morgan fingerprint density at radius 3 is 1.39 bits per heavy atom. The molecule has 2 aromatic carbocycles. The number of nitrogen functional groups attached to an aromatic ring is 1. The number of non-ortho nitro benzene ring substituents is 1. The van der Waals surface area contributed by atoms with Crippen LogP contribution in [0.4, 0.5) is 22.7 Å². The lowest BCUT2D eigenvalue weighted by atomic mass is 10.0. The molecule has 2 aliphatic rings. The zero-order valence-corrected chi connectivity index (χ0v) is 22.5. The number of aliphatic hydroxyl groups excluding tert-OH is 1. The Kier molecular flexibility index (Phi) is 11.9. The van der Waals surface area contributed by atoms with E-state index in [4.69, 9.17) is 10.8 Å². The summed E-state index contributed by atoms with van der Waals surface area (Å²) < 4.78 is 0. The molecule has 0 spiro atoms. The topological polar surface area (TPSA) is 102 Å². The Labute approximate surface area is 216 Å². The maximum atomic E-state index is 10.6. The van der Waals surface area contributed by atoms with E-state index in [-0.39, 0.29) is 10.6 Å². The molecule has 0 saturated carbocycles. The lowest BCUT2D eigenvalue weighted by Gasteiger charge is -2.36. The molecule has 2 saturated heterocycles. The first-order valence-corrected chi connectivity index (χ1v) is 12.6. The van der Waals surface area contributed by atoms with Crippen molar-refractivity contribution in [2.75, 3.05) is 77.0 Å². The van der Waals surface area contributed by atoms with Gasteiger partial charge in [-0.15, -0.1) is 0 Å². The van der Waals surface area contributed by atoms with Gasteiger partial charge in [-0.1, -0.05) is 0 Å². The highest BCUT2D eigenvalue weighted by atomic mass is 16.6. The van der Waals surface area contributed by atoms with E-state index < -0.39 is 0 Å². The van der Waals surface area contributed by atoms with Gasteiger partial charge in [-0.25, -0.2) is 0 Å². The molecular formula is C27H44N6O3. The van der Waals surface area contributed by atoms with Gasteiger partial charge >= 0.3 is 0 Å². The maximum absolute atomic E-state index is 10.6. The van der Waals surface area contributed by atoms with Crippen molar-refractivity contribution in [2.24, 2.45) is 0 Å². The smallest absolute Gasteiger partial charge is 0.269 e. The third kappa shape index (κ3) is 8.65. The van der Waals surface area contributed by atoms with Gasteiger partial charge in [-0.2, -0.15) is 0 Å². The summed E-state index contributed by atoms with van der Waals surface area (Å²) in [6.07, 6.45) is 4.78. The highest BCUT2D eigenvalue weighted by Crippen LogP contribution is 2.24. The zero-order chi connectivity index (χ0) is 26.7. The Balaban J connectivity index is 0.000000239. The molecule has 2 aromatic rings. The number of piperidine rings is 2. The summed E-state index contributed by atoms with van der Waals surface area (Å²) in [4.78, 5) is 19.6. The van der Waals surface area contributed by atoms with E-state index in [2.05, 4.69) is 59.9 Å².